The van der Waals surface area contributed by atoms with Crippen LogP contribution in [0.2, 0.25) is 0 Å². The molecule has 4 aromatic rings. The number of ether oxygens (including phenoxy) is 1. The molecule has 0 saturated carbocycles. The molecule has 1 unspecified atom stereocenters. The molecule has 118 valence electrons. The van der Waals surface area contributed by atoms with Crippen LogP contribution in [-0.4, -0.2) is 20.2 Å². The third-order valence-electron chi connectivity index (χ3n) is 3.47. The van der Waals surface area contributed by atoms with Crippen molar-refractivity contribution in [3.8, 4) is 5.75 Å². The van der Waals surface area contributed by atoms with E-state index in [1.54, 1.807) is 6.20 Å². The highest BCUT2D eigenvalue weighted by molar-refractivity contribution is 5.84. The summed E-state index contributed by atoms with van der Waals surface area (Å²) < 4.78 is 24.5. The largest absolute Gasteiger partial charge is 0.473 e. The van der Waals surface area contributed by atoms with Crippen molar-refractivity contribution in [1.82, 2.24) is 20.2 Å². The van der Waals surface area contributed by atoms with Crippen LogP contribution in [0.15, 0.2) is 65.7 Å². The lowest BCUT2D eigenvalue weighted by Gasteiger charge is -2.16. The molecule has 1 aromatic carbocycles. The molecule has 0 fully saturated rings. The van der Waals surface area contributed by atoms with E-state index in [9.17, 15) is 4.39 Å². The Kier molecular flexibility index (Phi) is 3.59. The zero-order chi connectivity index (χ0) is 16.4. The van der Waals surface area contributed by atoms with Crippen LogP contribution in [0.3, 0.4) is 0 Å². The molecule has 0 saturated heterocycles. The Morgan fingerprint density at radius 1 is 1.04 bits per heavy atom. The minimum atomic E-state index is -0.751. The maximum Gasteiger partial charge on any atom is 0.263 e. The first-order valence-electron chi connectivity index (χ1n) is 7.19. The second-order valence-electron chi connectivity index (χ2n) is 5.00. The first-order valence-corrected chi connectivity index (χ1v) is 7.19. The molecule has 3 heterocycles. The van der Waals surface area contributed by atoms with Crippen LogP contribution < -0.4 is 4.74 Å². The molecule has 6 nitrogen and oxygen atoms in total. The molecule has 0 spiro atoms. The summed E-state index contributed by atoms with van der Waals surface area (Å²) in [6, 6.07) is 12.1. The van der Waals surface area contributed by atoms with Crippen LogP contribution in [0.5, 0.6) is 5.75 Å². The number of halogens is 1. The maximum atomic E-state index is 13.2. The molecular formula is C17H11FN4O2. The number of nitrogens with zero attached hydrogens (tertiary/aromatic N) is 4. The molecule has 0 radical (unpaired) electrons. The van der Waals surface area contributed by atoms with Gasteiger partial charge in [0.1, 0.15) is 11.6 Å². The molecule has 0 N–H and O–H groups in total. The average Bonchev–Trinajstić information content (AvgIpc) is 3.15. The smallest absolute Gasteiger partial charge is 0.263 e. The van der Waals surface area contributed by atoms with Crippen LogP contribution >= 0.6 is 0 Å². The van der Waals surface area contributed by atoms with Gasteiger partial charge in [-0.1, -0.05) is 6.07 Å². The van der Waals surface area contributed by atoms with Crippen LogP contribution in [0.25, 0.3) is 10.9 Å². The number of hydrogen-bond acceptors (Lipinski definition) is 6. The zero-order valence-electron chi connectivity index (χ0n) is 12.3. The standard InChI is InChI=1S/C17H11FN4O2/c18-11-6-7-14(20-9-11)16(17-22-21-10-23-17)24-15-5-1-4-13-12(15)3-2-8-19-13/h1-10,16H. The van der Waals surface area contributed by atoms with Crippen molar-refractivity contribution in [1.29, 1.82) is 0 Å². The van der Waals surface area contributed by atoms with Gasteiger partial charge in [0.25, 0.3) is 5.89 Å². The minimum absolute atomic E-state index is 0.231. The topological polar surface area (TPSA) is 73.9 Å². The molecule has 1 atom stereocenters. The van der Waals surface area contributed by atoms with Crippen LogP contribution in [-0.2, 0) is 0 Å². The summed E-state index contributed by atoms with van der Waals surface area (Å²) in [7, 11) is 0. The first-order chi connectivity index (χ1) is 11.8. The van der Waals surface area contributed by atoms with Gasteiger partial charge < -0.3 is 9.15 Å². The second kappa shape index (κ2) is 6.04. The van der Waals surface area contributed by atoms with Crippen molar-refractivity contribution < 1.29 is 13.5 Å². The highest BCUT2D eigenvalue weighted by atomic mass is 19.1. The minimum Gasteiger partial charge on any atom is -0.473 e. The van der Waals surface area contributed by atoms with E-state index in [1.807, 2.05) is 30.3 Å². The first kappa shape index (κ1) is 14.3. The highest BCUT2D eigenvalue weighted by Crippen LogP contribution is 2.31. The zero-order valence-corrected chi connectivity index (χ0v) is 12.3. The lowest BCUT2D eigenvalue weighted by atomic mass is 10.2. The summed E-state index contributed by atoms with van der Waals surface area (Å²) in [6.45, 7) is 0. The molecule has 0 aliphatic rings. The Morgan fingerprint density at radius 3 is 2.79 bits per heavy atom. The lowest BCUT2D eigenvalue weighted by molar-refractivity contribution is 0.205. The van der Waals surface area contributed by atoms with E-state index in [0.717, 1.165) is 17.1 Å². The molecular weight excluding hydrogens is 311 g/mol. The second-order valence-corrected chi connectivity index (χ2v) is 5.00. The molecule has 0 aliphatic heterocycles. The number of benzene rings is 1. The number of pyridine rings is 2. The molecule has 0 aliphatic carbocycles. The summed E-state index contributed by atoms with van der Waals surface area (Å²) in [4.78, 5) is 8.37. The van der Waals surface area contributed by atoms with Gasteiger partial charge in [0.05, 0.1) is 17.4 Å². The van der Waals surface area contributed by atoms with Gasteiger partial charge in [-0.2, -0.15) is 0 Å². The van der Waals surface area contributed by atoms with E-state index in [1.165, 1.54) is 18.5 Å². The fraction of sp³-hybridized carbons (Fsp3) is 0.0588. The van der Waals surface area contributed by atoms with E-state index in [-0.39, 0.29) is 5.89 Å². The van der Waals surface area contributed by atoms with Gasteiger partial charge >= 0.3 is 0 Å². The van der Waals surface area contributed by atoms with E-state index >= 15 is 0 Å². The van der Waals surface area contributed by atoms with Crippen molar-refractivity contribution in [3.63, 3.8) is 0 Å². The summed E-state index contributed by atoms with van der Waals surface area (Å²) in [6.07, 6.45) is 3.29. The fourth-order valence-corrected chi connectivity index (χ4v) is 2.38. The average molecular weight is 322 g/mol. The van der Waals surface area contributed by atoms with E-state index in [2.05, 4.69) is 20.2 Å². The van der Waals surface area contributed by atoms with Gasteiger partial charge in [-0.25, -0.2) is 4.39 Å². The molecule has 3 aromatic heterocycles. The number of rotatable bonds is 4. The van der Waals surface area contributed by atoms with Crippen molar-refractivity contribution in [2.24, 2.45) is 0 Å². The van der Waals surface area contributed by atoms with E-state index in [4.69, 9.17) is 9.15 Å². The summed E-state index contributed by atoms with van der Waals surface area (Å²) in [5.74, 6) is 0.391. The Morgan fingerprint density at radius 2 is 2.00 bits per heavy atom. The van der Waals surface area contributed by atoms with Crippen molar-refractivity contribution >= 4 is 10.9 Å². The quantitative estimate of drug-likeness (QED) is 0.574. The molecule has 0 amide bonds. The normalized spacial score (nSPS) is 12.2. The van der Waals surface area contributed by atoms with Crippen molar-refractivity contribution in [2.45, 2.75) is 6.10 Å². The Hall–Kier alpha value is -3.35. The Labute approximate surface area is 136 Å². The number of aromatic nitrogens is 4. The number of fused-ring (bicyclic) bond motifs is 1. The predicted molar refractivity (Wildman–Crippen MR) is 82.7 cm³/mol. The van der Waals surface area contributed by atoms with Gasteiger partial charge in [0.2, 0.25) is 12.5 Å². The molecule has 0 bridgehead atoms. The van der Waals surface area contributed by atoms with Crippen LogP contribution in [0.1, 0.15) is 17.7 Å². The van der Waals surface area contributed by atoms with Gasteiger partial charge in [0, 0.05) is 11.6 Å². The van der Waals surface area contributed by atoms with Crippen molar-refractivity contribution in [3.05, 3.63) is 78.7 Å². The molecule has 24 heavy (non-hydrogen) atoms. The van der Waals surface area contributed by atoms with Crippen LogP contribution in [0.4, 0.5) is 4.39 Å². The highest BCUT2D eigenvalue weighted by Gasteiger charge is 2.24. The third-order valence-corrected chi connectivity index (χ3v) is 3.47. The SMILES string of the molecule is Fc1ccc(C(Oc2cccc3ncccc23)c2nnco2)nc1. The van der Waals surface area contributed by atoms with Gasteiger partial charge in [0.15, 0.2) is 0 Å². The van der Waals surface area contributed by atoms with Gasteiger partial charge in [-0.3, -0.25) is 9.97 Å². The van der Waals surface area contributed by atoms with E-state index in [0.29, 0.717) is 11.4 Å². The third kappa shape index (κ3) is 2.67. The van der Waals surface area contributed by atoms with E-state index < -0.39 is 11.9 Å². The van der Waals surface area contributed by atoms with Crippen molar-refractivity contribution in [2.75, 3.05) is 0 Å². The molecule has 4 rings (SSSR count). The monoisotopic (exact) mass is 322 g/mol. The Bertz CT molecular complexity index is 953. The van der Waals surface area contributed by atoms with Gasteiger partial charge in [-0.15, -0.1) is 10.2 Å². The summed E-state index contributed by atoms with van der Waals surface area (Å²) in [5, 5.41) is 8.42. The lowest BCUT2D eigenvalue weighted by Crippen LogP contribution is -2.12. The van der Waals surface area contributed by atoms with Gasteiger partial charge in [-0.05, 0) is 36.4 Å². The number of hydrogen-bond donors (Lipinski definition) is 0. The van der Waals surface area contributed by atoms with Crippen LogP contribution in [0, 0.1) is 5.82 Å². The molecule has 7 heteroatoms. The summed E-state index contributed by atoms with van der Waals surface area (Å²) in [5.41, 5.74) is 1.26. The predicted octanol–water partition coefficient (Wildman–Crippen LogP) is 3.32. The Balaban J connectivity index is 1.78. The summed E-state index contributed by atoms with van der Waals surface area (Å²) >= 11 is 0. The fourth-order valence-electron chi connectivity index (χ4n) is 2.38. The maximum absolute atomic E-state index is 13.2.